The Morgan fingerprint density at radius 1 is 0.900 bits per heavy atom. The van der Waals surface area contributed by atoms with Gasteiger partial charge in [0.05, 0.1) is 7.11 Å². The quantitative estimate of drug-likeness (QED) is 0.327. The van der Waals surface area contributed by atoms with E-state index in [4.69, 9.17) is 0 Å². The van der Waals surface area contributed by atoms with Gasteiger partial charge in [-0.1, -0.05) is 50.5 Å². The number of unbranched alkanes of at least 4 members (excludes halogenated alkanes) is 3. The van der Waals surface area contributed by atoms with Gasteiger partial charge in [-0.2, -0.15) is 0 Å². The molecule has 5 nitrogen and oxygen atoms in total. The molecular weight excluding hydrogens is 399 g/mol. The maximum absolute atomic E-state index is 12.4. The highest BCUT2D eigenvalue weighted by Crippen LogP contribution is 2.28. The Labute approximate surface area is 173 Å². The summed E-state index contributed by atoms with van der Waals surface area (Å²) in [6.45, 7) is 2.47. The van der Waals surface area contributed by atoms with Gasteiger partial charge in [-0.25, -0.2) is 4.79 Å². The molecule has 0 aliphatic heterocycles. The molecule has 0 atom stereocenters. The fourth-order valence-electron chi connectivity index (χ4n) is 2.92. The summed E-state index contributed by atoms with van der Waals surface area (Å²) in [7, 11) is 1.16. The highest BCUT2D eigenvalue weighted by atomic mass is 19.4. The van der Waals surface area contributed by atoms with E-state index in [-0.39, 0.29) is 5.75 Å². The molecule has 0 aliphatic carbocycles. The third-order valence-electron chi connectivity index (χ3n) is 4.44. The standard InChI is InChI=1S/C22H24F3NO4/c1-3-4-5-6-15-26(20(27)21(28)29-2)18-11-7-16(8-12-18)17-9-13-19(14-10-17)30-22(23,24)25/h7-14H,3-6,15H2,1-2H3. The Balaban J connectivity index is 2.16. The largest absolute Gasteiger partial charge is 0.573 e. The van der Waals surface area contributed by atoms with Crippen molar-refractivity contribution < 1.29 is 32.2 Å². The number of esters is 1. The lowest BCUT2D eigenvalue weighted by Crippen LogP contribution is -2.38. The summed E-state index contributed by atoms with van der Waals surface area (Å²) in [5, 5.41) is 0. The van der Waals surface area contributed by atoms with Crippen LogP contribution in [0.1, 0.15) is 32.6 Å². The Kier molecular flexibility index (Phi) is 8.26. The van der Waals surface area contributed by atoms with E-state index in [1.165, 1.54) is 29.2 Å². The molecule has 0 saturated heterocycles. The van der Waals surface area contributed by atoms with E-state index in [9.17, 15) is 22.8 Å². The summed E-state index contributed by atoms with van der Waals surface area (Å²) < 4.78 is 45.3. The van der Waals surface area contributed by atoms with Gasteiger partial charge >= 0.3 is 18.2 Å². The molecule has 0 radical (unpaired) electrons. The lowest BCUT2D eigenvalue weighted by atomic mass is 10.0. The zero-order valence-corrected chi connectivity index (χ0v) is 16.9. The van der Waals surface area contributed by atoms with E-state index in [1.54, 1.807) is 24.3 Å². The minimum absolute atomic E-state index is 0.301. The SMILES string of the molecule is CCCCCCN(C(=O)C(=O)OC)c1ccc(-c2ccc(OC(F)(F)F)cc2)cc1. The summed E-state index contributed by atoms with van der Waals surface area (Å²) in [6, 6.07) is 12.3. The number of carbonyl (C=O) groups is 2. The van der Waals surface area contributed by atoms with Gasteiger partial charge in [-0.05, 0) is 41.8 Å². The van der Waals surface area contributed by atoms with Crippen LogP contribution < -0.4 is 9.64 Å². The van der Waals surface area contributed by atoms with Gasteiger partial charge in [-0.3, -0.25) is 4.79 Å². The highest BCUT2D eigenvalue weighted by Gasteiger charge is 2.31. The minimum atomic E-state index is -4.74. The predicted octanol–water partition coefficient (Wildman–Crippen LogP) is 5.34. The van der Waals surface area contributed by atoms with Crippen LogP contribution in [0, 0.1) is 0 Å². The Hall–Kier alpha value is -3.03. The summed E-state index contributed by atoms with van der Waals surface area (Å²) in [4.78, 5) is 25.5. The zero-order chi connectivity index (χ0) is 22.1. The molecule has 0 fully saturated rings. The number of alkyl halides is 3. The third kappa shape index (κ3) is 6.79. The number of amides is 1. The first-order valence-corrected chi connectivity index (χ1v) is 9.61. The van der Waals surface area contributed by atoms with Crippen LogP contribution in [0.4, 0.5) is 18.9 Å². The first kappa shape index (κ1) is 23.3. The van der Waals surface area contributed by atoms with Crippen LogP contribution in [0.25, 0.3) is 11.1 Å². The van der Waals surface area contributed by atoms with Crippen molar-refractivity contribution in [1.82, 2.24) is 0 Å². The molecule has 2 rings (SSSR count). The topological polar surface area (TPSA) is 55.8 Å². The van der Waals surface area contributed by atoms with Crippen molar-refractivity contribution in [3.8, 4) is 16.9 Å². The molecule has 0 N–H and O–H groups in total. The molecule has 30 heavy (non-hydrogen) atoms. The number of anilines is 1. The van der Waals surface area contributed by atoms with Crippen LogP contribution in [-0.4, -0.2) is 31.9 Å². The van der Waals surface area contributed by atoms with E-state index in [1.807, 2.05) is 0 Å². The van der Waals surface area contributed by atoms with Gasteiger partial charge in [0.25, 0.3) is 0 Å². The average molecular weight is 423 g/mol. The van der Waals surface area contributed by atoms with Gasteiger partial charge in [0, 0.05) is 12.2 Å². The van der Waals surface area contributed by atoms with Crippen LogP contribution in [0.15, 0.2) is 48.5 Å². The monoisotopic (exact) mass is 423 g/mol. The fraction of sp³-hybridized carbons (Fsp3) is 0.364. The highest BCUT2D eigenvalue weighted by molar-refractivity contribution is 6.38. The molecule has 2 aromatic carbocycles. The molecule has 2 aromatic rings. The maximum atomic E-state index is 12.4. The van der Waals surface area contributed by atoms with Crippen LogP contribution >= 0.6 is 0 Å². The summed E-state index contributed by atoms with van der Waals surface area (Å²) in [5.41, 5.74) is 1.97. The number of hydrogen-bond donors (Lipinski definition) is 0. The number of hydrogen-bond acceptors (Lipinski definition) is 4. The van der Waals surface area contributed by atoms with Gasteiger partial charge in [0.1, 0.15) is 5.75 Å². The second kappa shape index (κ2) is 10.7. The second-order valence-corrected chi connectivity index (χ2v) is 6.63. The van der Waals surface area contributed by atoms with E-state index in [0.29, 0.717) is 17.8 Å². The first-order chi connectivity index (χ1) is 14.2. The Morgan fingerprint density at radius 2 is 1.47 bits per heavy atom. The third-order valence-corrected chi connectivity index (χ3v) is 4.44. The predicted molar refractivity (Wildman–Crippen MR) is 107 cm³/mol. The van der Waals surface area contributed by atoms with E-state index in [2.05, 4.69) is 16.4 Å². The van der Waals surface area contributed by atoms with Crippen LogP contribution in [0.2, 0.25) is 0 Å². The molecule has 0 spiro atoms. The molecule has 1 amide bonds. The van der Waals surface area contributed by atoms with Crippen molar-refractivity contribution in [2.24, 2.45) is 0 Å². The number of carbonyl (C=O) groups excluding carboxylic acids is 2. The number of benzene rings is 2. The summed E-state index contributed by atoms with van der Waals surface area (Å²) in [6.07, 6.45) is -0.972. The molecule has 0 heterocycles. The lowest BCUT2D eigenvalue weighted by Gasteiger charge is -2.22. The molecule has 0 bridgehead atoms. The molecule has 8 heteroatoms. The van der Waals surface area contributed by atoms with E-state index < -0.39 is 18.2 Å². The molecular formula is C22H24F3NO4. The van der Waals surface area contributed by atoms with Crippen molar-refractivity contribution in [2.45, 2.75) is 39.0 Å². The van der Waals surface area contributed by atoms with Gasteiger partial charge in [0.2, 0.25) is 0 Å². The average Bonchev–Trinajstić information content (AvgIpc) is 2.72. The smallest absolute Gasteiger partial charge is 0.462 e. The number of halogens is 3. The van der Waals surface area contributed by atoms with Crippen molar-refractivity contribution in [3.05, 3.63) is 48.5 Å². The molecule has 0 saturated carbocycles. The molecule has 0 unspecified atom stereocenters. The van der Waals surface area contributed by atoms with Crippen molar-refractivity contribution >= 4 is 17.6 Å². The number of methoxy groups -OCH3 is 1. The first-order valence-electron chi connectivity index (χ1n) is 9.61. The van der Waals surface area contributed by atoms with Crippen LogP contribution in [-0.2, 0) is 14.3 Å². The van der Waals surface area contributed by atoms with Crippen molar-refractivity contribution in [1.29, 1.82) is 0 Å². The number of ether oxygens (including phenoxy) is 2. The minimum Gasteiger partial charge on any atom is -0.462 e. The van der Waals surface area contributed by atoms with Crippen LogP contribution in [0.3, 0.4) is 0 Å². The summed E-state index contributed by atoms with van der Waals surface area (Å²) in [5.74, 6) is -1.98. The maximum Gasteiger partial charge on any atom is 0.573 e. The molecule has 0 aliphatic rings. The zero-order valence-electron chi connectivity index (χ0n) is 16.9. The lowest BCUT2D eigenvalue weighted by molar-refractivity contribution is -0.274. The van der Waals surface area contributed by atoms with Gasteiger partial charge in [0.15, 0.2) is 0 Å². The van der Waals surface area contributed by atoms with Gasteiger partial charge in [-0.15, -0.1) is 13.2 Å². The second-order valence-electron chi connectivity index (χ2n) is 6.63. The number of nitrogens with zero attached hydrogens (tertiary/aromatic N) is 1. The molecule has 0 aromatic heterocycles. The van der Waals surface area contributed by atoms with Crippen molar-refractivity contribution in [3.63, 3.8) is 0 Å². The molecule has 162 valence electrons. The summed E-state index contributed by atoms with van der Waals surface area (Å²) >= 11 is 0. The normalized spacial score (nSPS) is 11.1. The Bertz CT molecular complexity index is 833. The van der Waals surface area contributed by atoms with Crippen LogP contribution in [0.5, 0.6) is 5.75 Å². The number of rotatable bonds is 8. The van der Waals surface area contributed by atoms with Gasteiger partial charge < -0.3 is 14.4 Å². The van der Waals surface area contributed by atoms with E-state index in [0.717, 1.165) is 38.4 Å². The fourth-order valence-corrected chi connectivity index (χ4v) is 2.92. The van der Waals surface area contributed by atoms with Crippen molar-refractivity contribution in [2.75, 3.05) is 18.6 Å². The Morgan fingerprint density at radius 3 is 1.97 bits per heavy atom. The van der Waals surface area contributed by atoms with E-state index >= 15 is 0 Å².